The molecule has 16 heavy (non-hydrogen) atoms. The van der Waals surface area contributed by atoms with Gasteiger partial charge in [-0.05, 0) is 18.3 Å². The van der Waals surface area contributed by atoms with Gasteiger partial charge in [-0.1, -0.05) is 40.5 Å². The van der Waals surface area contributed by atoms with E-state index in [1.165, 1.54) is 19.3 Å². The molecule has 96 valence electrons. The molecule has 0 amide bonds. The van der Waals surface area contributed by atoms with Crippen LogP contribution in [0.1, 0.15) is 47.0 Å². The lowest BCUT2D eigenvalue weighted by molar-refractivity contribution is 0.480. The van der Waals surface area contributed by atoms with Crippen molar-refractivity contribution >= 4 is 5.96 Å². The van der Waals surface area contributed by atoms with Crippen LogP contribution in [-0.4, -0.2) is 26.1 Å². The maximum atomic E-state index is 4.22. The van der Waals surface area contributed by atoms with Crippen molar-refractivity contribution in [3.8, 4) is 0 Å². The third-order valence-corrected chi connectivity index (χ3v) is 2.95. The van der Waals surface area contributed by atoms with Crippen LogP contribution < -0.4 is 10.6 Å². The molecular formula is C13H29N3. The van der Waals surface area contributed by atoms with Crippen molar-refractivity contribution in [1.29, 1.82) is 0 Å². The van der Waals surface area contributed by atoms with E-state index in [1.807, 2.05) is 7.05 Å². The van der Waals surface area contributed by atoms with Crippen molar-refractivity contribution in [1.82, 2.24) is 10.6 Å². The Morgan fingerprint density at radius 2 is 1.75 bits per heavy atom. The fourth-order valence-electron chi connectivity index (χ4n) is 1.52. The molecule has 2 N–H and O–H groups in total. The SMILES string of the molecule is CCC(CC)CNC(=NC)NCCC(C)C. The van der Waals surface area contributed by atoms with Gasteiger partial charge < -0.3 is 10.6 Å². The van der Waals surface area contributed by atoms with E-state index in [1.54, 1.807) is 0 Å². The minimum Gasteiger partial charge on any atom is -0.356 e. The number of rotatable bonds is 7. The Bertz CT molecular complexity index is 184. The van der Waals surface area contributed by atoms with Gasteiger partial charge in [-0.3, -0.25) is 4.99 Å². The Balaban J connectivity index is 3.75. The van der Waals surface area contributed by atoms with Crippen LogP contribution in [0.5, 0.6) is 0 Å². The molecule has 0 aromatic carbocycles. The quantitative estimate of drug-likeness (QED) is 0.518. The summed E-state index contributed by atoms with van der Waals surface area (Å²) in [5.74, 6) is 2.43. The van der Waals surface area contributed by atoms with Crippen LogP contribution in [0.2, 0.25) is 0 Å². The molecule has 3 heteroatoms. The first kappa shape index (κ1) is 15.3. The summed E-state index contributed by atoms with van der Waals surface area (Å²) in [6.45, 7) is 11.0. The van der Waals surface area contributed by atoms with Gasteiger partial charge in [-0.15, -0.1) is 0 Å². The molecule has 0 saturated heterocycles. The van der Waals surface area contributed by atoms with Gasteiger partial charge in [0.05, 0.1) is 0 Å². The molecule has 0 aliphatic rings. The molecule has 0 atom stereocenters. The highest BCUT2D eigenvalue weighted by Crippen LogP contribution is 2.04. The first-order valence-electron chi connectivity index (χ1n) is 6.58. The van der Waals surface area contributed by atoms with E-state index >= 15 is 0 Å². The zero-order chi connectivity index (χ0) is 12.4. The van der Waals surface area contributed by atoms with Gasteiger partial charge in [-0.25, -0.2) is 0 Å². The molecule has 0 aliphatic heterocycles. The van der Waals surface area contributed by atoms with Crippen LogP contribution in [0.3, 0.4) is 0 Å². The Hall–Kier alpha value is -0.730. The van der Waals surface area contributed by atoms with Crippen LogP contribution in [0.25, 0.3) is 0 Å². The van der Waals surface area contributed by atoms with Crippen molar-refractivity contribution < 1.29 is 0 Å². The molecule has 0 fully saturated rings. The second-order valence-electron chi connectivity index (χ2n) is 4.74. The molecule has 3 nitrogen and oxygen atoms in total. The van der Waals surface area contributed by atoms with Crippen LogP contribution in [-0.2, 0) is 0 Å². The van der Waals surface area contributed by atoms with Gasteiger partial charge in [0.2, 0.25) is 0 Å². The monoisotopic (exact) mass is 227 g/mol. The normalized spacial score (nSPS) is 12.3. The van der Waals surface area contributed by atoms with Gasteiger partial charge in [0, 0.05) is 20.1 Å². The predicted octanol–water partition coefficient (Wildman–Crippen LogP) is 2.63. The highest BCUT2D eigenvalue weighted by Gasteiger charge is 2.04. The van der Waals surface area contributed by atoms with E-state index in [0.717, 1.165) is 30.9 Å². The molecule has 0 radical (unpaired) electrons. The molecule has 0 spiro atoms. The number of nitrogens with one attached hydrogen (secondary N) is 2. The standard InChI is InChI=1S/C13H29N3/c1-6-12(7-2)10-16-13(14-5)15-9-8-11(3)4/h11-12H,6-10H2,1-5H3,(H2,14,15,16). The van der Waals surface area contributed by atoms with Gasteiger partial charge in [0.1, 0.15) is 0 Å². The Morgan fingerprint density at radius 1 is 1.12 bits per heavy atom. The largest absolute Gasteiger partial charge is 0.356 e. The number of aliphatic imine (C=N–C) groups is 1. The van der Waals surface area contributed by atoms with E-state index in [2.05, 4.69) is 43.3 Å². The molecule has 0 bridgehead atoms. The van der Waals surface area contributed by atoms with Crippen molar-refractivity contribution in [2.75, 3.05) is 20.1 Å². The topological polar surface area (TPSA) is 36.4 Å². The summed E-state index contributed by atoms with van der Waals surface area (Å²) >= 11 is 0. The van der Waals surface area contributed by atoms with Crippen molar-refractivity contribution in [3.05, 3.63) is 0 Å². The summed E-state index contributed by atoms with van der Waals surface area (Å²) in [5, 5.41) is 6.73. The molecule has 0 aromatic heterocycles. The van der Waals surface area contributed by atoms with Crippen molar-refractivity contribution in [2.24, 2.45) is 16.8 Å². The minimum absolute atomic E-state index is 0.740. The zero-order valence-corrected chi connectivity index (χ0v) is 11.6. The fraction of sp³-hybridized carbons (Fsp3) is 0.923. The number of hydrogen-bond donors (Lipinski definition) is 2. The van der Waals surface area contributed by atoms with Gasteiger partial charge in [0.25, 0.3) is 0 Å². The number of hydrogen-bond acceptors (Lipinski definition) is 1. The summed E-state index contributed by atoms with van der Waals surface area (Å²) in [7, 11) is 1.83. The molecule has 0 aromatic rings. The second kappa shape index (κ2) is 9.49. The lowest BCUT2D eigenvalue weighted by Gasteiger charge is -2.17. The average Bonchev–Trinajstić information content (AvgIpc) is 2.27. The van der Waals surface area contributed by atoms with E-state index in [9.17, 15) is 0 Å². The minimum atomic E-state index is 0.740. The lowest BCUT2D eigenvalue weighted by atomic mass is 10.0. The zero-order valence-electron chi connectivity index (χ0n) is 11.6. The maximum absolute atomic E-state index is 4.22. The molecule has 0 unspecified atom stereocenters. The fourth-order valence-corrected chi connectivity index (χ4v) is 1.52. The summed E-state index contributed by atoms with van der Waals surface area (Å²) in [4.78, 5) is 4.22. The molecule has 0 saturated carbocycles. The maximum Gasteiger partial charge on any atom is 0.190 e. The molecule has 0 aliphatic carbocycles. The van der Waals surface area contributed by atoms with Gasteiger partial charge in [-0.2, -0.15) is 0 Å². The third-order valence-electron chi connectivity index (χ3n) is 2.95. The summed E-state index contributed by atoms with van der Waals surface area (Å²) in [6, 6.07) is 0. The highest BCUT2D eigenvalue weighted by molar-refractivity contribution is 5.79. The van der Waals surface area contributed by atoms with Crippen LogP contribution in [0, 0.1) is 11.8 Å². The summed E-state index contributed by atoms with van der Waals surface area (Å²) in [5.41, 5.74) is 0. The smallest absolute Gasteiger partial charge is 0.190 e. The highest BCUT2D eigenvalue weighted by atomic mass is 15.2. The van der Waals surface area contributed by atoms with E-state index in [0.29, 0.717) is 0 Å². The Labute approximate surface area is 101 Å². The van der Waals surface area contributed by atoms with Crippen LogP contribution in [0.4, 0.5) is 0 Å². The van der Waals surface area contributed by atoms with Crippen LogP contribution >= 0.6 is 0 Å². The summed E-state index contributed by atoms with van der Waals surface area (Å²) in [6.07, 6.45) is 3.64. The average molecular weight is 227 g/mol. The van der Waals surface area contributed by atoms with Gasteiger partial charge in [0.15, 0.2) is 5.96 Å². The number of guanidine groups is 1. The Morgan fingerprint density at radius 3 is 2.19 bits per heavy atom. The third kappa shape index (κ3) is 7.55. The first-order chi connectivity index (χ1) is 7.63. The summed E-state index contributed by atoms with van der Waals surface area (Å²) < 4.78 is 0. The van der Waals surface area contributed by atoms with E-state index in [4.69, 9.17) is 0 Å². The number of nitrogens with zero attached hydrogens (tertiary/aromatic N) is 1. The van der Waals surface area contributed by atoms with Gasteiger partial charge >= 0.3 is 0 Å². The second-order valence-corrected chi connectivity index (χ2v) is 4.74. The molecular weight excluding hydrogens is 198 g/mol. The van der Waals surface area contributed by atoms with E-state index < -0.39 is 0 Å². The van der Waals surface area contributed by atoms with Crippen LogP contribution in [0.15, 0.2) is 4.99 Å². The predicted molar refractivity (Wildman–Crippen MR) is 72.9 cm³/mol. The van der Waals surface area contributed by atoms with E-state index in [-0.39, 0.29) is 0 Å². The van der Waals surface area contributed by atoms with Crippen molar-refractivity contribution in [3.63, 3.8) is 0 Å². The molecule has 0 rings (SSSR count). The first-order valence-corrected chi connectivity index (χ1v) is 6.58. The molecule has 0 heterocycles. The Kier molecular flexibility index (Phi) is 9.06. The lowest BCUT2D eigenvalue weighted by Crippen LogP contribution is -2.40. The van der Waals surface area contributed by atoms with Crippen molar-refractivity contribution in [2.45, 2.75) is 47.0 Å².